The second kappa shape index (κ2) is 3.35. The first kappa shape index (κ1) is 8.30. The van der Waals surface area contributed by atoms with Crippen molar-refractivity contribution in [1.82, 2.24) is 4.31 Å². The van der Waals surface area contributed by atoms with Crippen molar-refractivity contribution in [2.45, 2.75) is 0 Å². The van der Waals surface area contributed by atoms with Crippen LogP contribution in [0, 0.1) is 0 Å². The van der Waals surface area contributed by atoms with E-state index < -0.39 is 11.4 Å². The fourth-order valence-corrected chi connectivity index (χ4v) is 1.14. The predicted octanol–water partition coefficient (Wildman–Crippen LogP) is 0.531. The van der Waals surface area contributed by atoms with E-state index >= 15 is 0 Å². The van der Waals surface area contributed by atoms with Gasteiger partial charge in [0, 0.05) is 7.05 Å². The molecular formula is C4H8ClNOS. The number of hydrogen-bond acceptors (Lipinski definition) is 2. The molecule has 0 aromatic rings. The molecule has 1 aliphatic rings. The minimum atomic E-state index is -0.815. The third kappa shape index (κ3) is 1.67. The van der Waals surface area contributed by atoms with E-state index in [1.165, 1.54) is 0 Å². The zero-order valence-corrected chi connectivity index (χ0v) is 6.17. The molecule has 2 nitrogen and oxygen atoms in total. The third-order valence-electron chi connectivity index (χ3n) is 0.882. The molecule has 0 bridgehead atoms. The van der Waals surface area contributed by atoms with Crippen LogP contribution in [0.15, 0.2) is 11.5 Å². The van der Waals surface area contributed by atoms with Crippen molar-refractivity contribution in [3.05, 3.63) is 11.5 Å². The van der Waals surface area contributed by atoms with Crippen LogP contribution >= 0.6 is 12.4 Å². The number of rotatable bonds is 0. The van der Waals surface area contributed by atoms with Crippen LogP contribution in [-0.2, 0) is 11.4 Å². The first-order valence-electron chi connectivity index (χ1n) is 2.09. The number of hydrogen-bond donors (Lipinski definition) is 0. The van der Waals surface area contributed by atoms with Gasteiger partial charge in [-0.3, -0.25) is 0 Å². The van der Waals surface area contributed by atoms with Crippen LogP contribution < -0.4 is 0 Å². The fourth-order valence-electron chi connectivity index (χ4n) is 0.451. The summed E-state index contributed by atoms with van der Waals surface area (Å²) in [5.41, 5.74) is 0. The molecule has 8 heavy (non-hydrogen) atoms. The summed E-state index contributed by atoms with van der Waals surface area (Å²) in [7, 11) is 1.83. The Bertz CT molecular complexity index is 98.0. The van der Waals surface area contributed by atoms with E-state index in [9.17, 15) is 4.55 Å². The van der Waals surface area contributed by atoms with Crippen LogP contribution in [0.1, 0.15) is 0 Å². The van der Waals surface area contributed by atoms with E-state index in [0.717, 1.165) is 6.54 Å². The molecule has 0 aliphatic carbocycles. The first-order chi connectivity index (χ1) is 3.30. The lowest BCUT2D eigenvalue weighted by atomic mass is 10.6. The Kier molecular flexibility index (Phi) is 3.48. The summed E-state index contributed by atoms with van der Waals surface area (Å²) >= 11 is -0.815. The lowest BCUT2D eigenvalue weighted by molar-refractivity contribution is 0.517. The minimum Gasteiger partial charge on any atom is -0.593 e. The van der Waals surface area contributed by atoms with Crippen molar-refractivity contribution >= 4 is 23.8 Å². The van der Waals surface area contributed by atoms with Crippen molar-refractivity contribution in [3.63, 3.8) is 0 Å². The fraction of sp³-hybridized carbons (Fsp3) is 0.500. The highest BCUT2D eigenvalue weighted by Gasteiger charge is 2.14. The number of likely N-dealkylation sites (N-methyl/N-ethyl adjacent to an activating group) is 1. The molecule has 48 valence electrons. The van der Waals surface area contributed by atoms with E-state index in [1.807, 2.05) is 13.1 Å². The molecule has 0 amide bonds. The summed E-state index contributed by atoms with van der Waals surface area (Å²) in [5, 5.41) is 1.69. The molecule has 1 rings (SSSR count). The number of nitrogens with zero attached hydrogens (tertiary/aromatic N) is 1. The van der Waals surface area contributed by atoms with Crippen molar-refractivity contribution in [3.8, 4) is 0 Å². The van der Waals surface area contributed by atoms with Gasteiger partial charge in [0.25, 0.3) is 0 Å². The highest BCUT2D eigenvalue weighted by Crippen LogP contribution is 2.05. The molecule has 0 saturated heterocycles. The van der Waals surface area contributed by atoms with Gasteiger partial charge in [-0.25, -0.2) is 0 Å². The summed E-state index contributed by atoms with van der Waals surface area (Å²) in [4.78, 5) is 0. The van der Waals surface area contributed by atoms with Crippen molar-refractivity contribution < 1.29 is 4.55 Å². The van der Waals surface area contributed by atoms with Crippen LogP contribution in [0.4, 0.5) is 0 Å². The maximum atomic E-state index is 10.5. The van der Waals surface area contributed by atoms with Gasteiger partial charge in [-0.15, -0.1) is 16.7 Å². The molecule has 0 aromatic carbocycles. The van der Waals surface area contributed by atoms with Gasteiger partial charge < -0.3 is 4.55 Å². The summed E-state index contributed by atoms with van der Waals surface area (Å²) in [6, 6.07) is 0. The van der Waals surface area contributed by atoms with Crippen LogP contribution in [0.3, 0.4) is 0 Å². The van der Waals surface area contributed by atoms with Gasteiger partial charge in [-0.2, -0.15) is 0 Å². The molecule has 0 fully saturated rings. The zero-order valence-electron chi connectivity index (χ0n) is 4.53. The van der Waals surface area contributed by atoms with Gasteiger partial charge in [-0.05, 0) is 6.08 Å². The van der Waals surface area contributed by atoms with Gasteiger partial charge in [0.2, 0.25) is 0 Å². The Morgan fingerprint density at radius 1 is 1.75 bits per heavy atom. The topological polar surface area (TPSA) is 26.3 Å². The standard InChI is InChI=1S/C4H7NOS.ClH/c1-5-3-2-4-7(5)6;/h2,4H,3H2,1H3;1H. The average molecular weight is 154 g/mol. The van der Waals surface area contributed by atoms with Crippen LogP contribution in [0.25, 0.3) is 0 Å². The second-order valence-corrected chi connectivity index (χ2v) is 2.91. The second-order valence-electron chi connectivity index (χ2n) is 1.46. The van der Waals surface area contributed by atoms with Crippen LogP contribution in [0.2, 0.25) is 0 Å². The maximum absolute atomic E-state index is 10.5. The summed E-state index contributed by atoms with van der Waals surface area (Å²) in [5.74, 6) is 0. The molecule has 0 spiro atoms. The quantitative estimate of drug-likeness (QED) is 0.475. The highest BCUT2D eigenvalue weighted by molar-refractivity contribution is 7.92. The molecule has 1 unspecified atom stereocenters. The van der Waals surface area contributed by atoms with Gasteiger partial charge in [-0.1, -0.05) is 0 Å². The van der Waals surface area contributed by atoms with E-state index in [0.29, 0.717) is 0 Å². The van der Waals surface area contributed by atoms with Crippen molar-refractivity contribution in [2.75, 3.05) is 13.6 Å². The average Bonchev–Trinajstić information content (AvgIpc) is 1.91. The van der Waals surface area contributed by atoms with Gasteiger partial charge in [0.15, 0.2) is 0 Å². The molecule has 0 aromatic heterocycles. The zero-order chi connectivity index (χ0) is 5.28. The smallest absolute Gasteiger partial charge is 0.136 e. The highest BCUT2D eigenvalue weighted by atomic mass is 35.5. The predicted molar refractivity (Wildman–Crippen MR) is 37.2 cm³/mol. The van der Waals surface area contributed by atoms with E-state index in [2.05, 4.69) is 0 Å². The molecule has 1 atom stereocenters. The molecule has 1 aliphatic heterocycles. The lowest BCUT2D eigenvalue weighted by Gasteiger charge is -2.07. The monoisotopic (exact) mass is 153 g/mol. The molecular weight excluding hydrogens is 146 g/mol. The van der Waals surface area contributed by atoms with E-state index in [1.54, 1.807) is 9.71 Å². The third-order valence-corrected chi connectivity index (χ3v) is 2.07. The normalized spacial score (nSPS) is 28.0. The Labute approximate surface area is 58.3 Å². The summed E-state index contributed by atoms with van der Waals surface area (Å²) in [6.45, 7) is 0.826. The first-order valence-corrected chi connectivity index (χ1v) is 3.26. The molecule has 0 saturated carbocycles. The Hall–Kier alpha value is 0.300. The molecule has 0 radical (unpaired) electrons. The van der Waals surface area contributed by atoms with Gasteiger partial charge >= 0.3 is 0 Å². The van der Waals surface area contributed by atoms with Crippen molar-refractivity contribution in [1.29, 1.82) is 0 Å². The maximum Gasteiger partial charge on any atom is 0.136 e. The van der Waals surface area contributed by atoms with Gasteiger partial charge in [0.1, 0.15) is 5.41 Å². The minimum absolute atomic E-state index is 0. The van der Waals surface area contributed by atoms with Crippen molar-refractivity contribution in [2.24, 2.45) is 0 Å². The van der Waals surface area contributed by atoms with Crippen LogP contribution in [0.5, 0.6) is 0 Å². The Balaban J connectivity index is 0.000000490. The van der Waals surface area contributed by atoms with E-state index in [4.69, 9.17) is 0 Å². The number of halogens is 1. The largest absolute Gasteiger partial charge is 0.593 e. The summed E-state index contributed by atoms with van der Waals surface area (Å²) in [6.07, 6.45) is 1.90. The van der Waals surface area contributed by atoms with Gasteiger partial charge in [0.05, 0.1) is 17.9 Å². The molecule has 4 heteroatoms. The Morgan fingerprint density at radius 3 is 2.50 bits per heavy atom. The molecule has 1 heterocycles. The SMILES string of the molecule is CN1CC=C[S+]1[O-].Cl. The summed E-state index contributed by atoms with van der Waals surface area (Å²) < 4.78 is 12.3. The van der Waals surface area contributed by atoms with E-state index in [-0.39, 0.29) is 12.4 Å². The molecule has 0 N–H and O–H groups in total. The van der Waals surface area contributed by atoms with Crippen LogP contribution in [-0.4, -0.2) is 22.5 Å². The lowest BCUT2D eigenvalue weighted by Crippen LogP contribution is -2.19. The Morgan fingerprint density at radius 2 is 2.38 bits per heavy atom.